The Kier molecular flexibility index (Phi) is 6.10. The van der Waals surface area contributed by atoms with Crippen LogP contribution in [0.4, 0.5) is 15.5 Å². The van der Waals surface area contributed by atoms with Gasteiger partial charge in [-0.1, -0.05) is 18.2 Å². The van der Waals surface area contributed by atoms with Crippen LogP contribution < -0.4 is 16.0 Å². The summed E-state index contributed by atoms with van der Waals surface area (Å²) in [6.45, 7) is 4.53. The Morgan fingerprint density at radius 3 is 2.50 bits per heavy atom. The molecular weight excluding hydrogens is 374 g/mol. The second-order valence-corrected chi connectivity index (χ2v) is 7.47. The van der Waals surface area contributed by atoms with E-state index in [1.165, 1.54) is 11.3 Å². The predicted molar refractivity (Wildman–Crippen MR) is 112 cm³/mol. The van der Waals surface area contributed by atoms with Gasteiger partial charge in [0.15, 0.2) is 0 Å². The number of nitrogens with zero attached hydrogens (tertiary/aromatic N) is 2. The zero-order valence-corrected chi connectivity index (χ0v) is 16.9. The van der Waals surface area contributed by atoms with Crippen molar-refractivity contribution in [3.8, 4) is 0 Å². The third kappa shape index (κ3) is 4.77. The Labute approximate surface area is 167 Å². The molecular formula is C20H23N5O2S. The van der Waals surface area contributed by atoms with Crippen molar-refractivity contribution in [3.63, 3.8) is 0 Å². The van der Waals surface area contributed by atoms with E-state index in [0.717, 1.165) is 23.4 Å². The fourth-order valence-electron chi connectivity index (χ4n) is 2.89. The highest BCUT2D eigenvalue weighted by atomic mass is 32.1. The van der Waals surface area contributed by atoms with Crippen LogP contribution in [0.25, 0.3) is 0 Å². The number of hydrogen-bond donors (Lipinski definition) is 3. The Hall–Kier alpha value is -3.13. The summed E-state index contributed by atoms with van der Waals surface area (Å²) >= 11 is 1.24. The molecule has 3 rings (SSSR count). The first-order valence-corrected chi connectivity index (χ1v) is 9.76. The normalized spacial score (nSPS) is 10.5. The van der Waals surface area contributed by atoms with Crippen molar-refractivity contribution >= 4 is 34.0 Å². The van der Waals surface area contributed by atoms with Gasteiger partial charge in [-0.05, 0) is 50.1 Å². The number of anilines is 2. The molecule has 0 fully saturated rings. The summed E-state index contributed by atoms with van der Waals surface area (Å²) in [5.74, 6) is -0.152. The number of nitrogens with one attached hydrogen (secondary N) is 3. The molecule has 0 unspecified atom stereocenters. The highest BCUT2D eigenvalue weighted by molar-refractivity contribution is 7.18. The van der Waals surface area contributed by atoms with E-state index in [1.807, 2.05) is 43.8 Å². The standard InChI is InChI=1S/C20H23N5O2S/c1-13-16(14(2)25(3)24-13)11-12-21-19(26)17-9-10-18(28-17)23-20(27)22-15-7-5-4-6-8-15/h4-10H,11-12H2,1-3H3,(H,21,26)(H2,22,23,27). The maximum Gasteiger partial charge on any atom is 0.324 e. The maximum absolute atomic E-state index is 12.4. The topological polar surface area (TPSA) is 88.1 Å². The lowest BCUT2D eigenvalue weighted by atomic mass is 10.1. The number of hydrogen-bond acceptors (Lipinski definition) is 4. The lowest BCUT2D eigenvalue weighted by Crippen LogP contribution is -2.25. The van der Waals surface area contributed by atoms with E-state index in [4.69, 9.17) is 0 Å². The summed E-state index contributed by atoms with van der Waals surface area (Å²) in [4.78, 5) is 24.9. The molecule has 0 atom stereocenters. The molecule has 8 heteroatoms. The second-order valence-electron chi connectivity index (χ2n) is 6.39. The van der Waals surface area contributed by atoms with E-state index in [0.29, 0.717) is 22.1 Å². The van der Waals surface area contributed by atoms with Crippen LogP contribution in [-0.2, 0) is 13.5 Å². The van der Waals surface area contributed by atoms with Crippen LogP contribution in [0, 0.1) is 13.8 Å². The largest absolute Gasteiger partial charge is 0.351 e. The fraction of sp³-hybridized carbons (Fsp3) is 0.250. The number of aryl methyl sites for hydroxylation is 2. The number of carbonyl (C=O) groups excluding carboxylic acids is 2. The van der Waals surface area contributed by atoms with Crippen molar-refractivity contribution < 1.29 is 9.59 Å². The minimum Gasteiger partial charge on any atom is -0.351 e. The molecule has 0 radical (unpaired) electrons. The van der Waals surface area contributed by atoms with Gasteiger partial charge in [-0.2, -0.15) is 5.10 Å². The molecule has 0 saturated carbocycles. The number of rotatable bonds is 6. The van der Waals surface area contributed by atoms with Gasteiger partial charge in [0, 0.05) is 25.0 Å². The summed E-state index contributed by atoms with van der Waals surface area (Å²) in [6, 6.07) is 12.3. The van der Waals surface area contributed by atoms with E-state index in [-0.39, 0.29) is 11.9 Å². The van der Waals surface area contributed by atoms with Crippen molar-refractivity contribution in [1.29, 1.82) is 0 Å². The van der Waals surface area contributed by atoms with Crippen molar-refractivity contribution in [2.45, 2.75) is 20.3 Å². The van der Waals surface area contributed by atoms with Gasteiger partial charge in [-0.3, -0.25) is 14.8 Å². The average molecular weight is 398 g/mol. The SMILES string of the molecule is Cc1nn(C)c(C)c1CCNC(=O)c1ccc(NC(=O)Nc2ccccc2)s1. The molecule has 2 heterocycles. The van der Waals surface area contributed by atoms with Gasteiger partial charge >= 0.3 is 6.03 Å². The fourth-order valence-corrected chi connectivity index (χ4v) is 3.71. The van der Waals surface area contributed by atoms with Crippen LogP contribution >= 0.6 is 11.3 Å². The van der Waals surface area contributed by atoms with E-state index in [1.54, 1.807) is 24.3 Å². The molecule has 3 N–H and O–H groups in total. The van der Waals surface area contributed by atoms with Gasteiger partial charge < -0.3 is 10.6 Å². The van der Waals surface area contributed by atoms with Gasteiger partial charge in [0.1, 0.15) is 0 Å². The zero-order chi connectivity index (χ0) is 20.1. The zero-order valence-electron chi connectivity index (χ0n) is 16.1. The van der Waals surface area contributed by atoms with Crippen LogP contribution in [0.15, 0.2) is 42.5 Å². The minimum absolute atomic E-state index is 0.152. The number of amides is 3. The van der Waals surface area contributed by atoms with Crippen LogP contribution in [0.3, 0.4) is 0 Å². The first-order valence-electron chi connectivity index (χ1n) is 8.94. The van der Waals surface area contributed by atoms with Crippen molar-refractivity contribution in [1.82, 2.24) is 15.1 Å². The monoisotopic (exact) mass is 397 g/mol. The number of carbonyl (C=O) groups is 2. The molecule has 0 aliphatic rings. The Morgan fingerprint density at radius 2 is 1.82 bits per heavy atom. The highest BCUT2D eigenvalue weighted by Crippen LogP contribution is 2.22. The van der Waals surface area contributed by atoms with E-state index < -0.39 is 0 Å². The summed E-state index contributed by atoms with van der Waals surface area (Å²) < 4.78 is 1.85. The Morgan fingerprint density at radius 1 is 1.07 bits per heavy atom. The Bertz CT molecular complexity index is 978. The van der Waals surface area contributed by atoms with Crippen LogP contribution in [0.1, 0.15) is 26.6 Å². The predicted octanol–water partition coefficient (Wildman–Crippen LogP) is 3.71. The van der Waals surface area contributed by atoms with Crippen molar-refractivity contribution in [2.24, 2.45) is 7.05 Å². The van der Waals surface area contributed by atoms with Crippen LogP contribution in [0.5, 0.6) is 0 Å². The third-order valence-electron chi connectivity index (χ3n) is 4.42. The summed E-state index contributed by atoms with van der Waals surface area (Å²) in [5.41, 5.74) is 3.96. The molecule has 146 valence electrons. The van der Waals surface area contributed by atoms with E-state index >= 15 is 0 Å². The van der Waals surface area contributed by atoms with Crippen molar-refractivity contribution in [2.75, 3.05) is 17.2 Å². The molecule has 3 aromatic rings. The average Bonchev–Trinajstić information content (AvgIpc) is 3.22. The number of thiophene rings is 1. The second kappa shape index (κ2) is 8.71. The number of benzene rings is 1. The quantitative estimate of drug-likeness (QED) is 0.592. The molecule has 2 aromatic heterocycles. The molecule has 0 aliphatic carbocycles. The lowest BCUT2D eigenvalue weighted by molar-refractivity contribution is 0.0958. The first-order chi connectivity index (χ1) is 13.4. The number of para-hydroxylation sites is 1. The molecule has 0 spiro atoms. The summed E-state index contributed by atoms with van der Waals surface area (Å²) in [5, 5.41) is 13.4. The third-order valence-corrected chi connectivity index (χ3v) is 5.42. The van der Waals surface area contributed by atoms with Gasteiger partial charge in [0.25, 0.3) is 5.91 Å². The lowest BCUT2D eigenvalue weighted by Gasteiger charge is -2.06. The summed E-state index contributed by atoms with van der Waals surface area (Å²) in [6.07, 6.45) is 0.729. The molecule has 7 nitrogen and oxygen atoms in total. The minimum atomic E-state index is -0.345. The van der Waals surface area contributed by atoms with Gasteiger partial charge in [-0.25, -0.2) is 4.79 Å². The highest BCUT2D eigenvalue weighted by Gasteiger charge is 2.13. The van der Waals surface area contributed by atoms with Crippen LogP contribution in [0.2, 0.25) is 0 Å². The number of aromatic nitrogens is 2. The van der Waals surface area contributed by atoms with Crippen LogP contribution in [-0.4, -0.2) is 28.3 Å². The molecule has 0 bridgehead atoms. The summed E-state index contributed by atoms with van der Waals surface area (Å²) in [7, 11) is 1.92. The molecule has 1 aromatic carbocycles. The van der Waals surface area contributed by atoms with Crippen molar-refractivity contribution in [3.05, 3.63) is 64.3 Å². The van der Waals surface area contributed by atoms with Gasteiger partial charge in [0.2, 0.25) is 0 Å². The molecule has 0 saturated heterocycles. The molecule has 28 heavy (non-hydrogen) atoms. The van der Waals surface area contributed by atoms with Gasteiger partial charge in [0.05, 0.1) is 15.6 Å². The molecule has 0 aliphatic heterocycles. The molecule has 3 amide bonds. The van der Waals surface area contributed by atoms with E-state index in [2.05, 4.69) is 21.0 Å². The Balaban J connectivity index is 1.50. The first kappa shape index (κ1) is 19.6. The number of urea groups is 1. The smallest absolute Gasteiger partial charge is 0.324 e. The van der Waals surface area contributed by atoms with Gasteiger partial charge in [-0.15, -0.1) is 11.3 Å². The maximum atomic E-state index is 12.4. The van der Waals surface area contributed by atoms with E-state index in [9.17, 15) is 9.59 Å².